The van der Waals surface area contributed by atoms with Gasteiger partial charge in [0.05, 0.1) is 5.02 Å². The molecule has 0 spiro atoms. The molecule has 1 fully saturated rings. The normalized spacial score (nSPS) is 17.2. The van der Waals surface area contributed by atoms with Gasteiger partial charge in [-0.2, -0.15) is 0 Å². The van der Waals surface area contributed by atoms with Crippen molar-refractivity contribution in [3.63, 3.8) is 0 Å². The highest BCUT2D eigenvalue weighted by Gasteiger charge is 2.20. The average Bonchev–Trinajstić information content (AvgIpc) is 2.49. The molecule has 2 rings (SSSR count). The largest absolute Gasteiger partial charge is 0.368 e. The zero-order valence-corrected chi connectivity index (χ0v) is 13.6. The second-order valence-electron chi connectivity index (χ2n) is 4.84. The van der Waals surface area contributed by atoms with E-state index in [-0.39, 0.29) is 0 Å². The molecule has 1 heterocycles. The van der Waals surface area contributed by atoms with Gasteiger partial charge < -0.3 is 9.80 Å². The monoisotopic (exact) mass is 362 g/mol. The predicted molar refractivity (Wildman–Crippen MR) is 83.1 cm³/mol. The molecule has 0 aliphatic carbocycles. The Morgan fingerprint density at radius 2 is 2.05 bits per heavy atom. The first-order chi connectivity index (χ1) is 9.56. The fraction of sp³-hybridized carbons (Fsp3) is 0.500. The van der Waals surface area contributed by atoms with Gasteiger partial charge in [0, 0.05) is 41.9 Å². The maximum Gasteiger partial charge on any atom is 0.209 e. The molecule has 6 heteroatoms. The smallest absolute Gasteiger partial charge is 0.209 e. The number of amides is 1. The number of piperazine rings is 1. The van der Waals surface area contributed by atoms with E-state index in [1.807, 2.05) is 12.1 Å². The Kier molecular flexibility index (Phi) is 5.27. The van der Waals surface area contributed by atoms with Gasteiger partial charge in [0.2, 0.25) is 6.41 Å². The summed E-state index contributed by atoms with van der Waals surface area (Å²) in [4.78, 5) is 14.6. The minimum absolute atomic E-state index is 0.397. The predicted octanol–water partition coefficient (Wildman–Crippen LogP) is 3.80. The van der Waals surface area contributed by atoms with Crippen LogP contribution in [0.1, 0.15) is 25.1 Å². The van der Waals surface area contributed by atoms with E-state index >= 15 is 0 Å². The molecule has 1 aliphatic rings. The number of hydrogen-bond acceptors (Lipinski definition) is 2. The molecule has 1 atom stereocenters. The van der Waals surface area contributed by atoms with Crippen LogP contribution in [0.15, 0.2) is 16.6 Å². The summed E-state index contributed by atoms with van der Waals surface area (Å²) >= 11 is 9.56. The first-order valence-electron chi connectivity index (χ1n) is 6.64. The highest BCUT2D eigenvalue weighted by molar-refractivity contribution is 9.10. The van der Waals surface area contributed by atoms with Crippen LogP contribution in [0.4, 0.5) is 10.1 Å². The van der Waals surface area contributed by atoms with Crippen LogP contribution in [0.25, 0.3) is 0 Å². The zero-order chi connectivity index (χ0) is 14.7. The van der Waals surface area contributed by atoms with Gasteiger partial charge in [-0.05, 0) is 34.5 Å². The van der Waals surface area contributed by atoms with Crippen LogP contribution in [0.5, 0.6) is 0 Å². The second-order valence-corrected chi connectivity index (χ2v) is 6.07. The second kappa shape index (κ2) is 6.76. The molecule has 0 saturated carbocycles. The first-order valence-corrected chi connectivity index (χ1v) is 7.81. The van der Waals surface area contributed by atoms with Crippen molar-refractivity contribution >= 4 is 39.6 Å². The third-order valence-electron chi connectivity index (χ3n) is 3.57. The summed E-state index contributed by atoms with van der Waals surface area (Å²) in [5.41, 5.74) is 1.47. The quantitative estimate of drug-likeness (QED) is 0.760. The van der Waals surface area contributed by atoms with Crippen LogP contribution in [0.2, 0.25) is 5.02 Å². The van der Waals surface area contributed by atoms with Crippen molar-refractivity contribution in [2.45, 2.75) is 19.5 Å². The molecule has 0 radical (unpaired) electrons. The number of hydrogen-bond donors (Lipinski definition) is 0. The van der Waals surface area contributed by atoms with E-state index in [0.717, 1.165) is 25.2 Å². The summed E-state index contributed by atoms with van der Waals surface area (Å²) in [5.74, 6) is 0. The SMILES string of the molecule is CCC(F)c1cc(N2CCN(C=O)CC2)cc(Br)c1Cl. The molecule has 1 unspecified atom stereocenters. The Morgan fingerprint density at radius 3 is 2.60 bits per heavy atom. The molecule has 3 nitrogen and oxygen atoms in total. The molecule has 1 amide bonds. The molecule has 0 bridgehead atoms. The van der Waals surface area contributed by atoms with Gasteiger partial charge in [0.25, 0.3) is 0 Å². The molecule has 20 heavy (non-hydrogen) atoms. The minimum atomic E-state index is -1.06. The van der Waals surface area contributed by atoms with E-state index in [1.54, 1.807) is 11.8 Å². The number of carbonyl (C=O) groups is 1. The first kappa shape index (κ1) is 15.6. The number of alkyl halides is 1. The van der Waals surface area contributed by atoms with Crippen LogP contribution in [0.3, 0.4) is 0 Å². The Hall–Kier alpha value is -0.810. The summed E-state index contributed by atoms with van der Waals surface area (Å²) < 4.78 is 14.7. The van der Waals surface area contributed by atoms with Crippen LogP contribution in [0, 0.1) is 0 Å². The van der Waals surface area contributed by atoms with Crippen molar-refractivity contribution in [3.8, 4) is 0 Å². The highest BCUT2D eigenvalue weighted by Crippen LogP contribution is 2.37. The molecule has 1 aromatic carbocycles. The topological polar surface area (TPSA) is 23.6 Å². The number of rotatable bonds is 4. The maximum atomic E-state index is 14.0. The minimum Gasteiger partial charge on any atom is -0.368 e. The Labute approximate surface area is 131 Å². The van der Waals surface area contributed by atoms with Crippen molar-refractivity contribution in [3.05, 3.63) is 27.2 Å². The number of benzene rings is 1. The summed E-state index contributed by atoms with van der Waals surface area (Å²) in [6.07, 6.45) is 0.207. The van der Waals surface area contributed by atoms with Crippen LogP contribution >= 0.6 is 27.5 Å². The van der Waals surface area contributed by atoms with E-state index in [1.165, 1.54) is 0 Å². The average molecular weight is 364 g/mol. The van der Waals surface area contributed by atoms with Gasteiger partial charge in [-0.3, -0.25) is 4.79 Å². The van der Waals surface area contributed by atoms with Crippen LogP contribution in [-0.4, -0.2) is 37.5 Å². The van der Waals surface area contributed by atoms with E-state index in [4.69, 9.17) is 11.6 Å². The van der Waals surface area contributed by atoms with Gasteiger partial charge >= 0.3 is 0 Å². The highest BCUT2D eigenvalue weighted by atomic mass is 79.9. The molecule has 0 N–H and O–H groups in total. The van der Waals surface area contributed by atoms with Gasteiger partial charge in [-0.25, -0.2) is 4.39 Å². The lowest BCUT2D eigenvalue weighted by atomic mass is 10.1. The van der Waals surface area contributed by atoms with Gasteiger partial charge in [0.15, 0.2) is 0 Å². The van der Waals surface area contributed by atoms with E-state index in [0.29, 0.717) is 34.6 Å². The van der Waals surface area contributed by atoms with Crippen LogP contribution in [-0.2, 0) is 4.79 Å². The maximum absolute atomic E-state index is 14.0. The number of anilines is 1. The summed E-state index contributed by atoms with van der Waals surface area (Å²) in [6, 6.07) is 3.72. The van der Waals surface area contributed by atoms with Crippen molar-refractivity contribution in [2.75, 3.05) is 31.1 Å². The van der Waals surface area contributed by atoms with Crippen molar-refractivity contribution in [1.82, 2.24) is 4.90 Å². The zero-order valence-electron chi connectivity index (χ0n) is 11.3. The van der Waals surface area contributed by atoms with Crippen molar-refractivity contribution in [2.24, 2.45) is 0 Å². The molecular formula is C14H17BrClFN2O. The van der Waals surface area contributed by atoms with Crippen molar-refractivity contribution < 1.29 is 9.18 Å². The van der Waals surface area contributed by atoms with E-state index < -0.39 is 6.17 Å². The fourth-order valence-electron chi connectivity index (χ4n) is 2.31. The van der Waals surface area contributed by atoms with E-state index in [9.17, 15) is 9.18 Å². The molecular weight excluding hydrogens is 347 g/mol. The Balaban J connectivity index is 2.24. The van der Waals surface area contributed by atoms with Crippen LogP contribution < -0.4 is 4.90 Å². The van der Waals surface area contributed by atoms with Crippen molar-refractivity contribution in [1.29, 1.82) is 0 Å². The molecule has 110 valence electrons. The lowest BCUT2D eigenvalue weighted by Gasteiger charge is -2.34. The number of halogens is 3. The van der Waals surface area contributed by atoms with Gasteiger partial charge in [0.1, 0.15) is 6.17 Å². The Morgan fingerprint density at radius 1 is 1.40 bits per heavy atom. The summed E-state index contributed by atoms with van der Waals surface area (Å²) in [7, 11) is 0. The summed E-state index contributed by atoms with van der Waals surface area (Å²) in [5, 5.41) is 0.439. The third kappa shape index (κ3) is 3.26. The molecule has 1 saturated heterocycles. The van der Waals surface area contributed by atoms with Gasteiger partial charge in [-0.15, -0.1) is 0 Å². The summed E-state index contributed by atoms with van der Waals surface area (Å²) in [6.45, 7) is 4.66. The molecule has 0 aromatic heterocycles. The third-order valence-corrected chi connectivity index (χ3v) is 4.84. The number of nitrogens with zero attached hydrogens (tertiary/aromatic N) is 2. The lowest BCUT2D eigenvalue weighted by molar-refractivity contribution is -0.118. The fourth-order valence-corrected chi connectivity index (χ4v) is 3.00. The lowest BCUT2D eigenvalue weighted by Crippen LogP contribution is -2.45. The molecule has 1 aromatic rings. The molecule has 1 aliphatic heterocycles. The van der Waals surface area contributed by atoms with Gasteiger partial charge in [-0.1, -0.05) is 18.5 Å². The Bertz CT molecular complexity index is 492. The van der Waals surface area contributed by atoms with E-state index in [2.05, 4.69) is 20.8 Å². The standard InChI is InChI=1S/C14H17BrClFN2O/c1-2-13(17)11-7-10(8-12(15)14(11)16)19-5-3-18(9-20)4-6-19/h7-9,13H,2-6H2,1H3. The number of carbonyl (C=O) groups excluding carboxylic acids is 1.